The molecule has 0 radical (unpaired) electrons. The number of ether oxygens (including phenoxy) is 1. The van der Waals surface area contributed by atoms with Gasteiger partial charge in [0.2, 0.25) is 5.88 Å². The van der Waals surface area contributed by atoms with Crippen LogP contribution in [0.2, 0.25) is 5.02 Å². The van der Waals surface area contributed by atoms with E-state index >= 15 is 0 Å². The highest BCUT2D eigenvalue weighted by Crippen LogP contribution is 2.27. The summed E-state index contributed by atoms with van der Waals surface area (Å²) in [5.74, 6) is 1.21. The van der Waals surface area contributed by atoms with Crippen molar-refractivity contribution in [2.45, 2.75) is 6.61 Å². The maximum atomic E-state index is 6.01. The van der Waals surface area contributed by atoms with Crippen LogP contribution in [0.3, 0.4) is 0 Å². The molecule has 4 heteroatoms. The second-order valence-electron chi connectivity index (χ2n) is 5.65. The van der Waals surface area contributed by atoms with E-state index in [9.17, 15) is 0 Å². The predicted octanol–water partition coefficient (Wildman–Crippen LogP) is 5.53. The average Bonchev–Trinajstić information content (AvgIpc) is 2.67. The van der Waals surface area contributed by atoms with Crippen LogP contribution >= 0.6 is 11.6 Å². The van der Waals surface area contributed by atoms with E-state index in [4.69, 9.17) is 16.3 Å². The molecule has 1 aromatic heterocycles. The first-order chi connectivity index (χ1) is 12.3. The molecule has 3 nitrogen and oxygen atoms in total. The topological polar surface area (TPSA) is 35.0 Å². The highest BCUT2D eigenvalue weighted by atomic mass is 35.5. The normalized spacial score (nSPS) is 10.8. The van der Waals surface area contributed by atoms with E-state index in [0.717, 1.165) is 22.0 Å². The molecular weight excluding hydrogens is 332 g/mol. The Morgan fingerprint density at radius 2 is 1.48 bits per heavy atom. The van der Waals surface area contributed by atoms with Crippen molar-refractivity contribution in [2.75, 3.05) is 0 Å². The molecular formula is C21H15ClN2O. The van der Waals surface area contributed by atoms with E-state index in [0.29, 0.717) is 23.3 Å². The quantitative estimate of drug-likeness (QED) is 0.487. The number of fused-ring (bicyclic) bond motifs is 1. The van der Waals surface area contributed by atoms with Gasteiger partial charge in [-0.05, 0) is 42.0 Å². The molecule has 0 aliphatic carbocycles. The van der Waals surface area contributed by atoms with Crippen molar-refractivity contribution in [3.05, 3.63) is 89.4 Å². The Morgan fingerprint density at radius 1 is 0.760 bits per heavy atom. The highest BCUT2D eigenvalue weighted by Gasteiger charge is 2.10. The fraction of sp³-hybridized carbons (Fsp3) is 0.0476. The monoisotopic (exact) mass is 346 g/mol. The first-order valence-corrected chi connectivity index (χ1v) is 8.37. The van der Waals surface area contributed by atoms with Crippen molar-refractivity contribution in [1.82, 2.24) is 9.97 Å². The molecule has 0 aliphatic rings. The Hall–Kier alpha value is -2.91. The van der Waals surface area contributed by atoms with Gasteiger partial charge in [-0.3, -0.25) is 0 Å². The van der Waals surface area contributed by atoms with Crippen LogP contribution in [0.5, 0.6) is 5.88 Å². The summed E-state index contributed by atoms with van der Waals surface area (Å²) in [6.45, 7) is 0.460. The fourth-order valence-electron chi connectivity index (χ4n) is 2.61. The van der Waals surface area contributed by atoms with Gasteiger partial charge in [0.25, 0.3) is 0 Å². The molecule has 0 fully saturated rings. The molecule has 0 saturated carbocycles. The van der Waals surface area contributed by atoms with E-state index in [-0.39, 0.29) is 0 Å². The number of para-hydroxylation sites is 1. The Labute approximate surface area is 150 Å². The van der Waals surface area contributed by atoms with Crippen molar-refractivity contribution in [2.24, 2.45) is 0 Å². The molecule has 4 aromatic rings. The SMILES string of the molecule is Clc1ccc(-c2nc(OCc3ccccc3)c3ccccc3n2)cc1. The van der Waals surface area contributed by atoms with Crippen molar-refractivity contribution in [1.29, 1.82) is 0 Å². The van der Waals surface area contributed by atoms with Gasteiger partial charge in [0.1, 0.15) is 6.61 Å². The minimum Gasteiger partial charge on any atom is -0.472 e. The second-order valence-corrected chi connectivity index (χ2v) is 6.09. The zero-order valence-electron chi connectivity index (χ0n) is 13.4. The Bertz CT molecular complexity index is 1000. The van der Waals surface area contributed by atoms with Gasteiger partial charge >= 0.3 is 0 Å². The van der Waals surface area contributed by atoms with Crippen molar-refractivity contribution in [3.8, 4) is 17.3 Å². The standard InChI is InChI=1S/C21H15ClN2O/c22-17-12-10-16(11-13-17)20-23-19-9-5-4-8-18(19)21(24-20)25-14-15-6-2-1-3-7-15/h1-13H,14H2. The summed E-state index contributed by atoms with van der Waals surface area (Å²) in [5.41, 5.74) is 2.85. The minimum absolute atomic E-state index is 0.460. The van der Waals surface area contributed by atoms with Crippen LogP contribution in [0, 0.1) is 0 Å². The lowest BCUT2D eigenvalue weighted by atomic mass is 10.2. The number of rotatable bonds is 4. The van der Waals surface area contributed by atoms with Crippen LogP contribution in [0.15, 0.2) is 78.9 Å². The van der Waals surface area contributed by atoms with Crippen LogP contribution in [0.25, 0.3) is 22.3 Å². The van der Waals surface area contributed by atoms with Crippen molar-refractivity contribution < 1.29 is 4.74 Å². The van der Waals surface area contributed by atoms with Crippen LogP contribution in [-0.4, -0.2) is 9.97 Å². The molecule has 0 unspecified atom stereocenters. The number of nitrogens with zero attached hydrogens (tertiary/aromatic N) is 2. The fourth-order valence-corrected chi connectivity index (χ4v) is 2.74. The Balaban J connectivity index is 1.74. The number of halogens is 1. The van der Waals surface area contributed by atoms with Gasteiger partial charge < -0.3 is 4.74 Å². The van der Waals surface area contributed by atoms with Gasteiger partial charge in [-0.15, -0.1) is 0 Å². The summed E-state index contributed by atoms with van der Waals surface area (Å²) in [7, 11) is 0. The number of hydrogen-bond donors (Lipinski definition) is 0. The van der Waals surface area contributed by atoms with E-state index in [1.165, 1.54) is 0 Å². The summed E-state index contributed by atoms with van der Waals surface area (Å²) in [4.78, 5) is 9.30. The van der Waals surface area contributed by atoms with E-state index in [1.54, 1.807) is 0 Å². The van der Waals surface area contributed by atoms with Crippen LogP contribution < -0.4 is 4.74 Å². The first-order valence-electron chi connectivity index (χ1n) is 7.99. The van der Waals surface area contributed by atoms with E-state index in [1.807, 2.05) is 78.9 Å². The van der Waals surface area contributed by atoms with Crippen LogP contribution in [-0.2, 0) is 6.61 Å². The number of benzene rings is 3. The summed E-state index contributed by atoms with van der Waals surface area (Å²) in [6, 6.07) is 25.4. The van der Waals surface area contributed by atoms with Gasteiger partial charge in [0.05, 0.1) is 10.9 Å². The zero-order valence-corrected chi connectivity index (χ0v) is 14.1. The third-order valence-electron chi connectivity index (χ3n) is 3.89. The van der Waals surface area contributed by atoms with E-state index in [2.05, 4.69) is 9.97 Å². The lowest BCUT2D eigenvalue weighted by Gasteiger charge is -2.10. The maximum absolute atomic E-state index is 6.01. The van der Waals surface area contributed by atoms with Gasteiger partial charge in [0.15, 0.2) is 5.82 Å². The summed E-state index contributed by atoms with van der Waals surface area (Å²) in [5, 5.41) is 1.58. The molecule has 0 N–H and O–H groups in total. The summed E-state index contributed by atoms with van der Waals surface area (Å²) < 4.78 is 6.01. The Morgan fingerprint density at radius 3 is 2.28 bits per heavy atom. The maximum Gasteiger partial charge on any atom is 0.225 e. The van der Waals surface area contributed by atoms with Gasteiger partial charge in [-0.1, -0.05) is 54.1 Å². The number of aromatic nitrogens is 2. The Kier molecular flexibility index (Phi) is 4.32. The molecule has 1 heterocycles. The predicted molar refractivity (Wildman–Crippen MR) is 101 cm³/mol. The molecule has 0 saturated heterocycles. The van der Waals surface area contributed by atoms with Gasteiger partial charge in [-0.25, -0.2) is 4.98 Å². The molecule has 4 rings (SSSR count). The minimum atomic E-state index is 0.460. The first kappa shape index (κ1) is 15.6. The third kappa shape index (κ3) is 3.47. The summed E-state index contributed by atoms with van der Waals surface area (Å²) >= 11 is 5.98. The molecule has 122 valence electrons. The lowest BCUT2D eigenvalue weighted by molar-refractivity contribution is 0.298. The third-order valence-corrected chi connectivity index (χ3v) is 4.14. The molecule has 0 atom stereocenters. The van der Waals surface area contributed by atoms with Gasteiger partial charge in [0, 0.05) is 10.6 Å². The molecule has 3 aromatic carbocycles. The molecule has 0 spiro atoms. The van der Waals surface area contributed by atoms with Crippen molar-refractivity contribution >= 4 is 22.5 Å². The highest BCUT2D eigenvalue weighted by molar-refractivity contribution is 6.30. The second kappa shape index (κ2) is 6.91. The molecule has 0 aliphatic heterocycles. The molecule has 25 heavy (non-hydrogen) atoms. The number of hydrogen-bond acceptors (Lipinski definition) is 3. The zero-order chi connectivity index (χ0) is 17.1. The molecule has 0 bridgehead atoms. The van der Waals surface area contributed by atoms with Gasteiger partial charge in [-0.2, -0.15) is 4.98 Å². The largest absolute Gasteiger partial charge is 0.472 e. The smallest absolute Gasteiger partial charge is 0.225 e. The van der Waals surface area contributed by atoms with Crippen LogP contribution in [0.1, 0.15) is 5.56 Å². The summed E-state index contributed by atoms with van der Waals surface area (Å²) in [6.07, 6.45) is 0. The average molecular weight is 347 g/mol. The molecule has 0 amide bonds. The van der Waals surface area contributed by atoms with Crippen molar-refractivity contribution in [3.63, 3.8) is 0 Å². The lowest BCUT2D eigenvalue weighted by Crippen LogP contribution is -2.00. The van der Waals surface area contributed by atoms with Crippen LogP contribution in [0.4, 0.5) is 0 Å². The van der Waals surface area contributed by atoms with E-state index < -0.39 is 0 Å².